The SMILES string of the molecule is CCCCCNC(=O)c1ccc(CSc2nc(Cl)cc(N3CCN(CC)CC3)n2)cc1. The molecule has 1 aromatic heterocycles. The first kappa shape index (κ1) is 23.8. The molecule has 1 aliphatic rings. The molecule has 1 aromatic carbocycles. The molecule has 3 rings (SSSR count). The lowest BCUT2D eigenvalue weighted by Crippen LogP contribution is -2.46. The van der Waals surface area contributed by atoms with E-state index in [9.17, 15) is 4.79 Å². The highest BCUT2D eigenvalue weighted by molar-refractivity contribution is 7.98. The van der Waals surface area contributed by atoms with Gasteiger partial charge in [0.15, 0.2) is 5.16 Å². The van der Waals surface area contributed by atoms with E-state index >= 15 is 0 Å². The fourth-order valence-electron chi connectivity index (χ4n) is 3.48. The summed E-state index contributed by atoms with van der Waals surface area (Å²) in [7, 11) is 0. The molecule has 0 bridgehead atoms. The van der Waals surface area contributed by atoms with Crippen LogP contribution < -0.4 is 10.2 Å². The van der Waals surface area contributed by atoms with Crippen molar-refractivity contribution in [3.63, 3.8) is 0 Å². The number of rotatable bonds is 10. The highest BCUT2D eigenvalue weighted by Crippen LogP contribution is 2.25. The minimum Gasteiger partial charge on any atom is -0.354 e. The summed E-state index contributed by atoms with van der Waals surface area (Å²) in [5.74, 6) is 1.61. The Morgan fingerprint density at radius 3 is 2.52 bits per heavy atom. The number of aromatic nitrogens is 2. The van der Waals surface area contributed by atoms with Gasteiger partial charge in [-0.05, 0) is 30.7 Å². The first-order valence-electron chi connectivity index (χ1n) is 11.1. The largest absolute Gasteiger partial charge is 0.354 e. The molecule has 0 unspecified atom stereocenters. The number of carbonyl (C=O) groups excluding carboxylic acids is 1. The lowest BCUT2D eigenvalue weighted by atomic mass is 10.1. The van der Waals surface area contributed by atoms with Crippen LogP contribution in [0.4, 0.5) is 5.82 Å². The van der Waals surface area contributed by atoms with Crippen LogP contribution in [0.25, 0.3) is 0 Å². The second-order valence-electron chi connectivity index (χ2n) is 7.70. The van der Waals surface area contributed by atoms with Gasteiger partial charge in [0.1, 0.15) is 11.0 Å². The van der Waals surface area contributed by atoms with Crippen molar-refractivity contribution in [1.82, 2.24) is 20.2 Å². The molecule has 1 aliphatic heterocycles. The van der Waals surface area contributed by atoms with Crippen LogP contribution in [0.1, 0.15) is 49.0 Å². The summed E-state index contributed by atoms with van der Waals surface area (Å²) < 4.78 is 0. The van der Waals surface area contributed by atoms with E-state index in [1.165, 1.54) is 0 Å². The average molecular weight is 462 g/mol. The van der Waals surface area contributed by atoms with Crippen molar-refractivity contribution in [3.8, 4) is 0 Å². The molecule has 31 heavy (non-hydrogen) atoms. The monoisotopic (exact) mass is 461 g/mol. The van der Waals surface area contributed by atoms with Crippen LogP contribution in [-0.4, -0.2) is 60.0 Å². The maximum atomic E-state index is 12.2. The lowest BCUT2D eigenvalue weighted by Gasteiger charge is -2.34. The number of unbranched alkanes of at least 4 members (excludes halogenated alkanes) is 2. The Balaban J connectivity index is 1.54. The zero-order valence-corrected chi connectivity index (χ0v) is 20.0. The van der Waals surface area contributed by atoms with Crippen molar-refractivity contribution in [3.05, 3.63) is 46.6 Å². The summed E-state index contributed by atoms with van der Waals surface area (Å²) in [6, 6.07) is 9.58. The zero-order chi connectivity index (χ0) is 22.1. The lowest BCUT2D eigenvalue weighted by molar-refractivity contribution is 0.0953. The number of nitrogens with zero attached hydrogens (tertiary/aromatic N) is 4. The van der Waals surface area contributed by atoms with Crippen LogP contribution in [-0.2, 0) is 5.75 Å². The van der Waals surface area contributed by atoms with Crippen molar-refractivity contribution in [2.75, 3.05) is 44.2 Å². The zero-order valence-electron chi connectivity index (χ0n) is 18.4. The van der Waals surface area contributed by atoms with E-state index in [-0.39, 0.29) is 5.91 Å². The Kier molecular flexibility index (Phi) is 9.43. The first-order valence-corrected chi connectivity index (χ1v) is 12.5. The minimum absolute atomic E-state index is 0.0127. The van der Waals surface area contributed by atoms with Gasteiger partial charge in [0.2, 0.25) is 0 Å². The number of thioether (sulfide) groups is 1. The Hall–Kier alpha value is -1.83. The molecule has 168 valence electrons. The van der Waals surface area contributed by atoms with E-state index in [0.717, 1.165) is 75.7 Å². The minimum atomic E-state index is -0.0127. The molecule has 6 nitrogen and oxygen atoms in total. The van der Waals surface area contributed by atoms with Crippen LogP contribution in [0.2, 0.25) is 5.15 Å². The number of nitrogens with one attached hydrogen (secondary N) is 1. The third kappa shape index (κ3) is 7.37. The summed E-state index contributed by atoms with van der Waals surface area (Å²) in [5.41, 5.74) is 1.81. The fourth-order valence-corrected chi connectivity index (χ4v) is 4.52. The van der Waals surface area contributed by atoms with Gasteiger partial charge in [-0.1, -0.05) is 62.2 Å². The fraction of sp³-hybridized carbons (Fsp3) is 0.522. The van der Waals surface area contributed by atoms with E-state index in [4.69, 9.17) is 16.6 Å². The number of halogens is 1. The van der Waals surface area contributed by atoms with Gasteiger partial charge in [0.05, 0.1) is 0 Å². The average Bonchev–Trinajstić information content (AvgIpc) is 2.80. The Labute approximate surface area is 194 Å². The van der Waals surface area contributed by atoms with Crippen molar-refractivity contribution < 1.29 is 4.79 Å². The van der Waals surface area contributed by atoms with Crippen molar-refractivity contribution in [2.45, 2.75) is 44.0 Å². The molecule has 0 saturated carbocycles. The predicted molar refractivity (Wildman–Crippen MR) is 129 cm³/mol. The van der Waals surface area contributed by atoms with Gasteiger partial charge < -0.3 is 15.1 Å². The van der Waals surface area contributed by atoms with Crippen LogP contribution in [0.3, 0.4) is 0 Å². The molecule has 0 atom stereocenters. The highest BCUT2D eigenvalue weighted by Gasteiger charge is 2.18. The molecular weight excluding hydrogens is 430 g/mol. The molecule has 1 N–H and O–H groups in total. The summed E-state index contributed by atoms with van der Waals surface area (Å²) >= 11 is 7.84. The molecular formula is C23H32ClN5OS. The number of hydrogen-bond acceptors (Lipinski definition) is 6. The van der Waals surface area contributed by atoms with E-state index in [1.807, 2.05) is 30.3 Å². The first-order chi connectivity index (χ1) is 15.1. The van der Waals surface area contributed by atoms with Crippen LogP contribution >= 0.6 is 23.4 Å². The number of carbonyl (C=O) groups is 1. The normalized spacial score (nSPS) is 14.6. The molecule has 8 heteroatoms. The van der Waals surface area contributed by atoms with Crippen molar-refractivity contribution in [1.29, 1.82) is 0 Å². The van der Waals surface area contributed by atoms with Gasteiger partial charge in [-0.3, -0.25) is 4.79 Å². The van der Waals surface area contributed by atoms with Gasteiger partial charge in [-0.2, -0.15) is 0 Å². The Bertz CT molecular complexity index is 840. The third-order valence-corrected chi connectivity index (χ3v) is 6.57. The van der Waals surface area contributed by atoms with Crippen LogP contribution in [0.15, 0.2) is 35.5 Å². The summed E-state index contributed by atoms with van der Waals surface area (Å²) in [5, 5.41) is 4.13. The number of hydrogen-bond donors (Lipinski definition) is 1. The molecule has 0 radical (unpaired) electrons. The summed E-state index contributed by atoms with van der Waals surface area (Å²) in [4.78, 5) is 26.0. The van der Waals surface area contributed by atoms with E-state index < -0.39 is 0 Å². The van der Waals surface area contributed by atoms with E-state index in [2.05, 4.69) is 33.9 Å². The highest BCUT2D eigenvalue weighted by atomic mass is 35.5. The number of likely N-dealkylation sites (N-methyl/N-ethyl adjacent to an activating group) is 1. The van der Waals surface area contributed by atoms with Gasteiger partial charge in [0, 0.05) is 50.1 Å². The smallest absolute Gasteiger partial charge is 0.251 e. The molecule has 0 spiro atoms. The topological polar surface area (TPSA) is 61.4 Å². The van der Waals surface area contributed by atoms with Gasteiger partial charge in [-0.25, -0.2) is 9.97 Å². The van der Waals surface area contributed by atoms with Crippen molar-refractivity contribution in [2.24, 2.45) is 0 Å². The molecule has 2 heterocycles. The standard InChI is InChI=1S/C23H32ClN5OS/c1-3-5-6-11-25-22(30)19-9-7-18(8-10-19)17-31-23-26-20(24)16-21(27-23)29-14-12-28(4-2)13-15-29/h7-10,16H,3-6,11-15,17H2,1-2H3,(H,25,30). The quantitative estimate of drug-likeness (QED) is 0.243. The number of amides is 1. The molecule has 1 amide bonds. The van der Waals surface area contributed by atoms with Crippen LogP contribution in [0, 0.1) is 0 Å². The summed E-state index contributed by atoms with van der Waals surface area (Å²) in [6.45, 7) is 10.1. The second-order valence-corrected chi connectivity index (χ2v) is 9.03. The number of anilines is 1. The molecule has 2 aromatic rings. The molecule has 1 fully saturated rings. The molecule has 0 aliphatic carbocycles. The Morgan fingerprint density at radius 2 is 1.84 bits per heavy atom. The third-order valence-electron chi connectivity index (χ3n) is 5.45. The van der Waals surface area contributed by atoms with Crippen molar-refractivity contribution >= 4 is 35.1 Å². The number of benzene rings is 1. The van der Waals surface area contributed by atoms with Gasteiger partial charge in [0.25, 0.3) is 5.91 Å². The van der Waals surface area contributed by atoms with E-state index in [1.54, 1.807) is 11.8 Å². The summed E-state index contributed by atoms with van der Waals surface area (Å²) in [6.07, 6.45) is 3.31. The second kappa shape index (κ2) is 12.3. The number of piperazine rings is 1. The maximum Gasteiger partial charge on any atom is 0.251 e. The van der Waals surface area contributed by atoms with E-state index in [0.29, 0.717) is 15.9 Å². The maximum absolute atomic E-state index is 12.2. The Morgan fingerprint density at radius 1 is 1.10 bits per heavy atom. The van der Waals surface area contributed by atoms with Gasteiger partial charge >= 0.3 is 0 Å². The predicted octanol–water partition coefficient (Wildman–Crippen LogP) is 4.48. The molecule has 1 saturated heterocycles. The van der Waals surface area contributed by atoms with Crippen LogP contribution in [0.5, 0.6) is 0 Å². The van der Waals surface area contributed by atoms with Gasteiger partial charge in [-0.15, -0.1) is 0 Å².